The number of hydrogen-bond donors (Lipinski definition) is 2. The fourth-order valence-electron chi connectivity index (χ4n) is 3.69. The van der Waals surface area contributed by atoms with E-state index in [2.05, 4.69) is 26.5 Å². The number of hydrogen-bond acceptors (Lipinski definition) is 7. The number of ether oxygens (including phenoxy) is 2. The van der Waals surface area contributed by atoms with Gasteiger partial charge >= 0.3 is 0 Å². The van der Waals surface area contributed by atoms with Crippen LogP contribution in [0.5, 0.6) is 11.5 Å². The van der Waals surface area contributed by atoms with E-state index < -0.39 is 10.9 Å². The minimum atomic E-state index is -2.53. The molecule has 1 N–H and O–H groups in total. The zero-order valence-electron chi connectivity index (χ0n) is 15.8. The number of piperidine rings is 1. The van der Waals surface area contributed by atoms with Gasteiger partial charge < -0.3 is 14.4 Å². The number of anilines is 1. The molecule has 1 aromatic heterocycles. The molecular formula is C18H26N4O4S. The van der Waals surface area contributed by atoms with Crippen LogP contribution < -0.4 is 19.1 Å². The first-order valence-electron chi connectivity index (χ1n) is 9.03. The second-order valence-electron chi connectivity index (χ2n) is 6.84. The van der Waals surface area contributed by atoms with Crippen LogP contribution in [-0.4, -0.2) is 52.2 Å². The van der Waals surface area contributed by atoms with Crippen molar-refractivity contribution in [3.8, 4) is 11.5 Å². The highest BCUT2D eigenvalue weighted by Crippen LogP contribution is 2.36. The Bertz CT molecular complexity index is 858. The minimum Gasteiger partial charge on any atom is -0.493 e. The molecule has 1 unspecified atom stereocenters. The normalized spacial score (nSPS) is 16.7. The highest BCUT2D eigenvalue weighted by molar-refractivity contribution is 7.70. The number of fused-ring (bicyclic) bond motifs is 1. The highest BCUT2D eigenvalue weighted by atomic mass is 32.2. The zero-order chi connectivity index (χ0) is 19.4. The van der Waals surface area contributed by atoms with Crippen molar-refractivity contribution >= 4 is 27.6 Å². The third-order valence-electron chi connectivity index (χ3n) is 5.31. The summed E-state index contributed by atoms with van der Waals surface area (Å²) in [4.78, 5) is 11.1. The Kier molecular flexibility index (Phi) is 6.33. The summed E-state index contributed by atoms with van der Waals surface area (Å²) >= 11 is 0. The number of methoxy groups -OCH3 is 2. The first kappa shape index (κ1) is 19.6. The van der Waals surface area contributed by atoms with Crippen LogP contribution in [0.15, 0.2) is 18.5 Å². The molecule has 0 amide bonds. The number of nitrogens with one attached hydrogen (secondary N) is 1. The molecule has 1 aromatic carbocycles. The Morgan fingerprint density at radius 3 is 2.48 bits per heavy atom. The highest BCUT2D eigenvalue weighted by Gasteiger charge is 2.26. The standard InChI is InChI=1S/C18H26N4O4S/c1-12(10-21-27(23)24)13-4-6-22(7-5-13)18-14-8-16(25-2)17(26-3)9-15(14)19-11-20-18/h8-9,11-13,27H,4-7,10H2,1-3H3,(H,21,23,24). The fraction of sp³-hybridized carbons (Fsp3) is 0.556. The maximum Gasteiger partial charge on any atom is 0.201 e. The van der Waals surface area contributed by atoms with Crippen molar-refractivity contribution in [2.24, 2.45) is 11.8 Å². The van der Waals surface area contributed by atoms with Gasteiger partial charge in [-0.2, -0.15) is 0 Å². The summed E-state index contributed by atoms with van der Waals surface area (Å²) in [6, 6.07) is 3.79. The molecule has 3 rings (SSSR count). The molecule has 0 aliphatic carbocycles. The molecule has 1 aliphatic heterocycles. The van der Waals surface area contributed by atoms with Crippen LogP contribution in [0.2, 0.25) is 0 Å². The van der Waals surface area contributed by atoms with E-state index in [1.165, 1.54) is 0 Å². The van der Waals surface area contributed by atoms with Crippen molar-refractivity contribution in [3.05, 3.63) is 18.5 Å². The van der Waals surface area contributed by atoms with Gasteiger partial charge in [0.1, 0.15) is 12.1 Å². The molecule has 8 nitrogen and oxygen atoms in total. The monoisotopic (exact) mass is 394 g/mol. The number of aromatic nitrogens is 2. The van der Waals surface area contributed by atoms with Gasteiger partial charge in [-0.3, -0.25) is 0 Å². The molecule has 0 spiro atoms. The van der Waals surface area contributed by atoms with Crippen LogP contribution in [0, 0.1) is 11.8 Å². The van der Waals surface area contributed by atoms with Gasteiger partial charge in [-0.15, -0.1) is 0 Å². The lowest BCUT2D eigenvalue weighted by Crippen LogP contribution is -2.38. The SMILES string of the molecule is COc1cc2ncnc(N3CCC(C(C)CN[SH](=O)=O)CC3)c2cc1OC. The minimum absolute atomic E-state index is 0.312. The molecule has 0 bridgehead atoms. The summed E-state index contributed by atoms with van der Waals surface area (Å²) in [7, 11) is 0.694. The van der Waals surface area contributed by atoms with E-state index in [-0.39, 0.29) is 0 Å². The lowest BCUT2D eigenvalue weighted by molar-refractivity contribution is 0.293. The summed E-state index contributed by atoms with van der Waals surface area (Å²) in [6.07, 6.45) is 3.57. The molecule has 1 saturated heterocycles. The fourth-order valence-corrected chi connectivity index (χ4v) is 4.12. The molecule has 1 fully saturated rings. The number of rotatable bonds is 7. The van der Waals surface area contributed by atoms with E-state index >= 15 is 0 Å². The Morgan fingerprint density at radius 2 is 1.85 bits per heavy atom. The van der Waals surface area contributed by atoms with Gasteiger partial charge in [-0.1, -0.05) is 6.92 Å². The Morgan fingerprint density at radius 1 is 1.19 bits per heavy atom. The van der Waals surface area contributed by atoms with Gasteiger partial charge in [0.25, 0.3) is 0 Å². The molecule has 2 heterocycles. The smallest absolute Gasteiger partial charge is 0.201 e. The molecule has 148 valence electrons. The zero-order valence-corrected chi connectivity index (χ0v) is 16.7. The maximum absolute atomic E-state index is 10.7. The van der Waals surface area contributed by atoms with Crippen molar-refractivity contribution in [1.82, 2.24) is 14.7 Å². The van der Waals surface area contributed by atoms with Crippen molar-refractivity contribution in [3.63, 3.8) is 0 Å². The van der Waals surface area contributed by atoms with E-state index in [1.54, 1.807) is 20.5 Å². The van der Waals surface area contributed by atoms with Gasteiger partial charge in [0, 0.05) is 31.1 Å². The lowest BCUT2D eigenvalue weighted by atomic mass is 9.85. The van der Waals surface area contributed by atoms with Crippen LogP contribution in [0.25, 0.3) is 10.9 Å². The van der Waals surface area contributed by atoms with Crippen LogP contribution in [0.3, 0.4) is 0 Å². The second-order valence-corrected chi connectivity index (χ2v) is 7.67. The van der Waals surface area contributed by atoms with Crippen molar-refractivity contribution in [2.75, 3.05) is 38.8 Å². The van der Waals surface area contributed by atoms with Crippen LogP contribution in [-0.2, 0) is 10.9 Å². The molecule has 1 atom stereocenters. The van der Waals surface area contributed by atoms with Crippen LogP contribution in [0.4, 0.5) is 5.82 Å². The molecular weight excluding hydrogens is 368 g/mol. The van der Waals surface area contributed by atoms with Crippen molar-refractivity contribution in [1.29, 1.82) is 0 Å². The second kappa shape index (κ2) is 8.71. The number of thiol groups is 1. The van der Waals surface area contributed by atoms with Crippen LogP contribution in [0.1, 0.15) is 19.8 Å². The summed E-state index contributed by atoms with van der Waals surface area (Å²) in [5.41, 5.74) is 0.816. The third-order valence-corrected chi connectivity index (χ3v) is 5.75. The molecule has 27 heavy (non-hydrogen) atoms. The van der Waals surface area contributed by atoms with E-state index in [1.807, 2.05) is 12.1 Å². The molecule has 0 radical (unpaired) electrons. The van der Waals surface area contributed by atoms with Crippen molar-refractivity contribution in [2.45, 2.75) is 19.8 Å². The van der Waals surface area contributed by atoms with Gasteiger partial charge in [0.05, 0.1) is 19.7 Å². The van der Waals surface area contributed by atoms with E-state index in [9.17, 15) is 8.42 Å². The first-order valence-corrected chi connectivity index (χ1v) is 10.2. The van der Waals surface area contributed by atoms with E-state index in [0.29, 0.717) is 29.9 Å². The van der Waals surface area contributed by atoms with Gasteiger partial charge in [-0.25, -0.2) is 23.1 Å². The molecule has 9 heteroatoms. The summed E-state index contributed by atoms with van der Waals surface area (Å²) in [6.45, 7) is 4.35. The molecule has 1 aliphatic rings. The summed E-state index contributed by atoms with van der Waals surface area (Å²) < 4.78 is 34.8. The van der Waals surface area contributed by atoms with Gasteiger partial charge in [-0.05, 0) is 30.7 Å². The Hall–Kier alpha value is -2.13. The third kappa shape index (κ3) is 4.41. The largest absolute Gasteiger partial charge is 0.493 e. The van der Waals surface area contributed by atoms with Gasteiger partial charge in [0.15, 0.2) is 11.5 Å². The molecule has 0 saturated carbocycles. The average molecular weight is 394 g/mol. The predicted octanol–water partition coefficient (Wildman–Crippen LogP) is 1.62. The number of benzene rings is 1. The summed E-state index contributed by atoms with van der Waals surface area (Å²) in [5.74, 6) is 3.00. The average Bonchev–Trinajstić information content (AvgIpc) is 2.70. The van der Waals surface area contributed by atoms with E-state index in [0.717, 1.165) is 42.7 Å². The van der Waals surface area contributed by atoms with Crippen LogP contribution >= 0.6 is 0 Å². The lowest BCUT2D eigenvalue weighted by Gasteiger charge is -2.35. The molecule has 2 aromatic rings. The van der Waals surface area contributed by atoms with Crippen molar-refractivity contribution < 1.29 is 17.9 Å². The van der Waals surface area contributed by atoms with E-state index in [4.69, 9.17) is 9.47 Å². The Labute approximate surface area is 161 Å². The topological polar surface area (TPSA) is 93.7 Å². The first-order chi connectivity index (χ1) is 13.0. The maximum atomic E-state index is 10.7. The predicted molar refractivity (Wildman–Crippen MR) is 105 cm³/mol. The summed E-state index contributed by atoms with van der Waals surface area (Å²) in [5, 5.41) is 0.937. The van der Waals surface area contributed by atoms with Gasteiger partial charge in [0.2, 0.25) is 10.9 Å². The quantitative estimate of drug-likeness (QED) is 0.689. The Balaban J connectivity index is 1.77. The number of nitrogens with zero attached hydrogens (tertiary/aromatic N) is 3.